The zero-order valence-corrected chi connectivity index (χ0v) is 17.2. The lowest BCUT2D eigenvalue weighted by Crippen LogP contribution is -2.36. The predicted octanol–water partition coefficient (Wildman–Crippen LogP) is 2.88. The van der Waals surface area contributed by atoms with Crippen molar-refractivity contribution in [1.29, 1.82) is 0 Å². The van der Waals surface area contributed by atoms with Gasteiger partial charge in [0.25, 0.3) is 0 Å². The molecule has 1 heterocycles. The number of para-hydroxylation sites is 1. The number of likely N-dealkylation sites (N-methyl/N-ethyl adjacent to an activating group) is 1. The van der Waals surface area contributed by atoms with Crippen LogP contribution in [0.1, 0.15) is 31.7 Å². The Morgan fingerprint density at radius 2 is 2.07 bits per heavy atom. The number of aliphatic hydroxyl groups is 1. The zero-order valence-electron chi connectivity index (χ0n) is 16.4. The van der Waals surface area contributed by atoms with Gasteiger partial charge in [0, 0.05) is 20.0 Å². The van der Waals surface area contributed by atoms with Crippen LogP contribution in [0, 0.1) is 0 Å². The highest BCUT2D eigenvalue weighted by atomic mass is 32.1. The minimum absolute atomic E-state index is 0.0262. The first-order chi connectivity index (χ1) is 13.0. The predicted molar refractivity (Wildman–Crippen MR) is 108 cm³/mol. The summed E-state index contributed by atoms with van der Waals surface area (Å²) in [6.07, 6.45) is 1.47. The molecule has 27 heavy (non-hydrogen) atoms. The largest absolute Gasteiger partial charge is 0.389 e. The molecular formula is C20H30N2O4S. The van der Waals surface area contributed by atoms with Crippen LogP contribution in [0.5, 0.6) is 0 Å². The summed E-state index contributed by atoms with van der Waals surface area (Å²) in [4.78, 5) is 18.4. The van der Waals surface area contributed by atoms with E-state index in [1.54, 1.807) is 23.3 Å². The van der Waals surface area contributed by atoms with Crippen LogP contribution in [-0.2, 0) is 20.7 Å². The van der Waals surface area contributed by atoms with E-state index in [0.29, 0.717) is 19.6 Å². The smallest absolute Gasteiger partial charge is 0.222 e. The number of carbonyl (C=O) groups is 1. The monoisotopic (exact) mass is 394 g/mol. The minimum Gasteiger partial charge on any atom is -0.389 e. The maximum atomic E-state index is 12.2. The molecule has 2 rings (SSSR count). The van der Waals surface area contributed by atoms with Gasteiger partial charge < -0.3 is 19.5 Å². The molecule has 0 radical (unpaired) electrons. The van der Waals surface area contributed by atoms with Gasteiger partial charge >= 0.3 is 0 Å². The number of aliphatic hydroxyl groups excluding tert-OH is 1. The number of aromatic nitrogens is 1. The van der Waals surface area contributed by atoms with E-state index < -0.39 is 6.10 Å². The molecule has 2 aromatic rings. The van der Waals surface area contributed by atoms with Crippen LogP contribution in [0.2, 0.25) is 0 Å². The van der Waals surface area contributed by atoms with Crippen LogP contribution in [0.25, 0.3) is 10.2 Å². The van der Waals surface area contributed by atoms with E-state index in [0.717, 1.165) is 23.4 Å². The van der Waals surface area contributed by atoms with Gasteiger partial charge in [-0.25, -0.2) is 4.98 Å². The summed E-state index contributed by atoms with van der Waals surface area (Å²) in [7, 11) is 1.71. The highest BCUT2D eigenvalue weighted by Crippen LogP contribution is 2.22. The number of benzene rings is 1. The van der Waals surface area contributed by atoms with E-state index >= 15 is 0 Å². The van der Waals surface area contributed by atoms with Crippen molar-refractivity contribution in [2.24, 2.45) is 0 Å². The molecule has 1 aromatic carbocycles. The number of fused-ring (bicyclic) bond motifs is 1. The average Bonchev–Trinajstić information content (AvgIpc) is 3.03. The Morgan fingerprint density at radius 1 is 1.30 bits per heavy atom. The van der Waals surface area contributed by atoms with E-state index in [9.17, 15) is 9.90 Å². The van der Waals surface area contributed by atoms with E-state index in [-0.39, 0.29) is 25.2 Å². The molecule has 0 aliphatic rings. The van der Waals surface area contributed by atoms with Crippen LogP contribution in [-0.4, -0.2) is 66.5 Å². The lowest BCUT2D eigenvalue weighted by molar-refractivity contribution is -0.131. The van der Waals surface area contributed by atoms with Gasteiger partial charge in [0.05, 0.1) is 47.3 Å². The van der Waals surface area contributed by atoms with E-state index in [4.69, 9.17) is 9.47 Å². The highest BCUT2D eigenvalue weighted by Gasteiger charge is 2.14. The third-order valence-electron chi connectivity index (χ3n) is 4.02. The first-order valence-electron chi connectivity index (χ1n) is 9.41. The first-order valence-corrected chi connectivity index (χ1v) is 10.2. The van der Waals surface area contributed by atoms with Crippen LogP contribution in [0.3, 0.4) is 0 Å². The van der Waals surface area contributed by atoms with Crippen molar-refractivity contribution in [1.82, 2.24) is 9.88 Å². The van der Waals surface area contributed by atoms with E-state index in [1.807, 2.05) is 32.0 Å². The van der Waals surface area contributed by atoms with Crippen molar-refractivity contribution < 1.29 is 19.4 Å². The third kappa shape index (κ3) is 7.92. The summed E-state index contributed by atoms with van der Waals surface area (Å²) in [5, 5.41) is 11.1. The molecule has 1 unspecified atom stereocenters. The van der Waals surface area contributed by atoms with Crippen molar-refractivity contribution in [3.05, 3.63) is 29.3 Å². The Kier molecular flexibility index (Phi) is 9.14. The molecule has 6 nitrogen and oxygen atoms in total. The molecule has 1 aromatic heterocycles. The van der Waals surface area contributed by atoms with Crippen LogP contribution < -0.4 is 0 Å². The molecule has 0 fully saturated rings. The van der Waals surface area contributed by atoms with Crippen molar-refractivity contribution >= 4 is 27.5 Å². The van der Waals surface area contributed by atoms with Gasteiger partial charge in [0.1, 0.15) is 0 Å². The zero-order chi connectivity index (χ0) is 19.6. The van der Waals surface area contributed by atoms with Gasteiger partial charge in [-0.3, -0.25) is 4.79 Å². The SMILES string of the molecule is CC(C)OCCOCC(O)CN(C)C(=O)CCCc1nc2ccccc2s1. The number of hydrogen-bond acceptors (Lipinski definition) is 6. The van der Waals surface area contributed by atoms with Crippen molar-refractivity contribution in [3.8, 4) is 0 Å². The number of thiazole rings is 1. The summed E-state index contributed by atoms with van der Waals surface area (Å²) < 4.78 is 11.9. The maximum Gasteiger partial charge on any atom is 0.222 e. The Morgan fingerprint density at radius 3 is 2.81 bits per heavy atom. The number of ether oxygens (including phenoxy) is 2. The molecule has 1 atom stereocenters. The fourth-order valence-corrected chi connectivity index (χ4v) is 3.65. The van der Waals surface area contributed by atoms with Gasteiger partial charge in [-0.2, -0.15) is 0 Å². The van der Waals surface area contributed by atoms with Gasteiger partial charge in [0.15, 0.2) is 0 Å². The van der Waals surface area contributed by atoms with Crippen LogP contribution in [0.15, 0.2) is 24.3 Å². The molecule has 0 saturated carbocycles. The summed E-state index contributed by atoms with van der Waals surface area (Å²) in [6.45, 7) is 5.34. The van der Waals surface area contributed by atoms with Gasteiger partial charge in [-0.15, -0.1) is 11.3 Å². The molecule has 0 aliphatic carbocycles. The molecule has 150 valence electrons. The fraction of sp³-hybridized carbons (Fsp3) is 0.600. The second-order valence-corrected chi connectivity index (χ2v) is 7.97. The summed E-state index contributed by atoms with van der Waals surface area (Å²) >= 11 is 1.68. The number of nitrogens with zero attached hydrogens (tertiary/aromatic N) is 2. The minimum atomic E-state index is -0.692. The standard InChI is InChI=1S/C20H30N2O4S/c1-15(2)26-12-11-25-14-16(23)13-22(3)20(24)10-6-9-19-21-17-7-4-5-8-18(17)27-19/h4-5,7-8,15-16,23H,6,9-14H2,1-3H3. The maximum absolute atomic E-state index is 12.2. The normalized spacial score (nSPS) is 12.6. The second-order valence-electron chi connectivity index (χ2n) is 6.85. The first kappa shape index (κ1) is 21.8. The Hall–Kier alpha value is -1.54. The second kappa shape index (κ2) is 11.3. The summed E-state index contributed by atoms with van der Waals surface area (Å²) in [5.41, 5.74) is 1.02. The number of aryl methyl sites for hydroxylation is 1. The Balaban J connectivity index is 1.61. The van der Waals surface area contributed by atoms with E-state index in [1.165, 1.54) is 4.70 Å². The molecule has 0 aliphatic heterocycles. The van der Waals surface area contributed by atoms with Crippen LogP contribution in [0.4, 0.5) is 0 Å². The Bertz CT molecular complexity index is 671. The van der Waals surface area contributed by atoms with Crippen molar-refractivity contribution in [2.45, 2.75) is 45.3 Å². The number of rotatable bonds is 12. The molecule has 7 heteroatoms. The molecule has 0 bridgehead atoms. The molecule has 1 N–H and O–H groups in total. The van der Waals surface area contributed by atoms with Crippen molar-refractivity contribution in [2.75, 3.05) is 33.4 Å². The van der Waals surface area contributed by atoms with Gasteiger partial charge in [-0.1, -0.05) is 12.1 Å². The summed E-state index contributed by atoms with van der Waals surface area (Å²) in [5.74, 6) is 0.0262. The number of hydrogen-bond donors (Lipinski definition) is 1. The van der Waals surface area contributed by atoms with E-state index in [2.05, 4.69) is 11.1 Å². The van der Waals surface area contributed by atoms with Crippen LogP contribution >= 0.6 is 11.3 Å². The lowest BCUT2D eigenvalue weighted by atomic mass is 10.2. The van der Waals surface area contributed by atoms with Crippen molar-refractivity contribution in [3.63, 3.8) is 0 Å². The summed E-state index contributed by atoms with van der Waals surface area (Å²) in [6, 6.07) is 8.06. The van der Waals surface area contributed by atoms with Gasteiger partial charge in [0.2, 0.25) is 5.91 Å². The number of amides is 1. The fourth-order valence-electron chi connectivity index (χ4n) is 2.64. The van der Waals surface area contributed by atoms with Gasteiger partial charge in [-0.05, 0) is 38.8 Å². The highest BCUT2D eigenvalue weighted by molar-refractivity contribution is 7.18. The average molecular weight is 395 g/mol. The lowest BCUT2D eigenvalue weighted by Gasteiger charge is -2.21. The molecule has 1 amide bonds. The molecule has 0 spiro atoms. The topological polar surface area (TPSA) is 71.9 Å². The number of carbonyl (C=O) groups excluding carboxylic acids is 1. The third-order valence-corrected chi connectivity index (χ3v) is 5.12. The molecule has 0 saturated heterocycles. The molecular weight excluding hydrogens is 364 g/mol. The quantitative estimate of drug-likeness (QED) is 0.561. The Labute approximate surface area is 165 Å².